The molecule has 1 aromatic carbocycles. The van der Waals surface area contributed by atoms with Gasteiger partial charge in [-0.2, -0.15) is 0 Å². The molecule has 0 N–H and O–H groups in total. The molecule has 17 heavy (non-hydrogen) atoms. The number of hydrogen-bond acceptors (Lipinski definition) is 1. The zero-order valence-corrected chi connectivity index (χ0v) is 10.0. The van der Waals surface area contributed by atoms with Gasteiger partial charge in [-0.3, -0.25) is 0 Å². The largest absolute Gasteiger partial charge is 0.306 e. The van der Waals surface area contributed by atoms with Crippen molar-refractivity contribution in [2.75, 3.05) is 0 Å². The fourth-order valence-electron chi connectivity index (χ4n) is 2.20. The fourth-order valence-corrected chi connectivity index (χ4v) is 2.20. The topological polar surface area (TPSA) is 17.3 Å². The monoisotopic (exact) mass is 222 g/mol. The van der Waals surface area contributed by atoms with Crippen LogP contribution >= 0.6 is 0 Å². The van der Waals surface area contributed by atoms with Crippen LogP contribution in [0, 0.1) is 13.8 Å². The first-order valence-electron chi connectivity index (χ1n) is 5.75. The summed E-state index contributed by atoms with van der Waals surface area (Å²) in [5.41, 5.74) is 5.75. The predicted molar refractivity (Wildman–Crippen MR) is 70.1 cm³/mol. The molecular formula is C15H14N2. The molecule has 0 aliphatic carbocycles. The van der Waals surface area contributed by atoms with Crippen molar-refractivity contribution >= 4 is 5.65 Å². The third-order valence-corrected chi connectivity index (χ3v) is 2.88. The highest BCUT2D eigenvalue weighted by atomic mass is 15.0. The molecule has 0 atom stereocenters. The Labute approximate surface area is 101 Å². The van der Waals surface area contributed by atoms with E-state index in [9.17, 15) is 0 Å². The Bertz CT molecular complexity index is 627. The third-order valence-electron chi connectivity index (χ3n) is 2.88. The van der Waals surface area contributed by atoms with Crippen molar-refractivity contribution in [3.05, 3.63) is 59.9 Å². The smallest absolute Gasteiger partial charge is 0.137 e. The first-order chi connectivity index (χ1) is 8.22. The molecule has 0 unspecified atom stereocenters. The Hall–Kier alpha value is -2.09. The van der Waals surface area contributed by atoms with E-state index in [0.717, 1.165) is 11.3 Å². The second kappa shape index (κ2) is 3.74. The van der Waals surface area contributed by atoms with Crippen LogP contribution in [-0.2, 0) is 0 Å². The first kappa shape index (κ1) is 10.1. The van der Waals surface area contributed by atoms with Gasteiger partial charge >= 0.3 is 0 Å². The second-order valence-corrected chi connectivity index (χ2v) is 4.47. The maximum Gasteiger partial charge on any atom is 0.137 e. The molecule has 2 heterocycles. The Morgan fingerprint density at radius 1 is 1.00 bits per heavy atom. The predicted octanol–water partition coefficient (Wildman–Crippen LogP) is 3.62. The van der Waals surface area contributed by atoms with Crippen molar-refractivity contribution < 1.29 is 0 Å². The highest BCUT2D eigenvalue weighted by molar-refractivity contribution is 5.64. The summed E-state index contributed by atoms with van der Waals surface area (Å²) in [5, 5.41) is 0. The summed E-state index contributed by atoms with van der Waals surface area (Å²) in [7, 11) is 0. The van der Waals surface area contributed by atoms with Crippen LogP contribution < -0.4 is 0 Å². The number of imidazole rings is 1. The molecule has 84 valence electrons. The molecule has 2 nitrogen and oxygen atoms in total. The van der Waals surface area contributed by atoms with Crippen LogP contribution in [0.1, 0.15) is 11.1 Å². The second-order valence-electron chi connectivity index (χ2n) is 4.47. The van der Waals surface area contributed by atoms with Gasteiger partial charge in [0.25, 0.3) is 0 Å². The Morgan fingerprint density at radius 3 is 2.47 bits per heavy atom. The summed E-state index contributed by atoms with van der Waals surface area (Å²) >= 11 is 0. The standard InChI is InChI=1S/C15H14N2/c1-11-7-12(2)9-13(8-11)14-10-17-6-4-3-5-15(17)16-14/h3-10H,1-2H3. The van der Waals surface area contributed by atoms with E-state index in [-0.39, 0.29) is 0 Å². The van der Waals surface area contributed by atoms with Crippen LogP contribution in [0.3, 0.4) is 0 Å². The minimum absolute atomic E-state index is 0.988. The van der Waals surface area contributed by atoms with Gasteiger partial charge in [-0.15, -0.1) is 0 Å². The lowest BCUT2D eigenvalue weighted by molar-refractivity contribution is 1.19. The van der Waals surface area contributed by atoms with E-state index in [0.29, 0.717) is 0 Å². The van der Waals surface area contributed by atoms with E-state index in [2.05, 4.69) is 43.2 Å². The van der Waals surface area contributed by atoms with Crippen molar-refractivity contribution in [3.8, 4) is 11.3 Å². The van der Waals surface area contributed by atoms with E-state index in [1.807, 2.05) is 28.8 Å². The molecule has 2 heteroatoms. The summed E-state index contributed by atoms with van der Waals surface area (Å²) in [6, 6.07) is 12.6. The van der Waals surface area contributed by atoms with Gasteiger partial charge in [0.1, 0.15) is 5.65 Å². The van der Waals surface area contributed by atoms with E-state index in [1.54, 1.807) is 0 Å². The molecule has 0 saturated heterocycles. The minimum Gasteiger partial charge on any atom is -0.306 e. The van der Waals surface area contributed by atoms with Crippen LogP contribution in [0.2, 0.25) is 0 Å². The molecule has 0 amide bonds. The molecule has 0 saturated carbocycles. The number of rotatable bonds is 1. The van der Waals surface area contributed by atoms with Gasteiger partial charge in [-0.05, 0) is 38.1 Å². The summed E-state index contributed by atoms with van der Waals surface area (Å²) in [4.78, 5) is 4.63. The third kappa shape index (κ3) is 1.82. The average molecular weight is 222 g/mol. The lowest BCUT2D eigenvalue weighted by Gasteiger charge is -2.01. The normalized spacial score (nSPS) is 10.9. The molecule has 0 spiro atoms. The summed E-state index contributed by atoms with van der Waals surface area (Å²) < 4.78 is 2.05. The quantitative estimate of drug-likeness (QED) is 0.614. The summed E-state index contributed by atoms with van der Waals surface area (Å²) in [6.07, 6.45) is 4.10. The van der Waals surface area contributed by atoms with Crippen molar-refractivity contribution in [1.82, 2.24) is 9.38 Å². The Kier molecular flexibility index (Phi) is 2.22. The van der Waals surface area contributed by atoms with E-state index in [4.69, 9.17) is 0 Å². The average Bonchev–Trinajstić information content (AvgIpc) is 2.71. The zero-order valence-electron chi connectivity index (χ0n) is 10.0. The van der Waals surface area contributed by atoms with Crippen LogP contribution in [0.5, 0.6) is 0 Å². The van der Waals surface area contributed by atoms with Gasteiger partial charge in [-0.1, -0.05) is 23.3 Å². The number of aromatic nitrogens is 2. The maximum absolute atomic E-state index is 4.63. The SMILES string of the molecule is Cc1cc(C)cc(-c2cn3ccccc3n2)c1. The number of hydrogen-bond donors (Lipinski definition) is 0. The number of pyridine rings is 1. The van der Waals surface area contributed by atoms with Gasteiger partial charge < -0.3 is 4.40 Å². The first-order valence-corrected chi connectivity index (χ1v) is 5.75. The number of fused-ring (bicyclic) bond motifs is 1. The van der Waals surface area contributed by atoms with Crippen LogP contribution in [-0.4, -0.2) is 9.38 Å². The van der Waals surface area contributed by atoms with Crippen molar-refractivity contribution in [2.24, 2.45) is 0 Å². The molecule has 3 aromatic rings. The van der Waals surface area contributed by atoms with E-state index < -0.39 is 0 Å². The van der Waals surface area contributed by atoms with Crippen molar-refractivity contribution in [3.63, 3.8) is 0 Å². The molecule has 0 aliphatic rings. The summed E-state index contributed by atoms with van der Waals surface area (Å²) in [5.74, 6) is 0. The maximum atomic E-state index is 4.63. The molecule has 0 radical (unpaired) electrons. The fraction of sp³-hybridized carbons (Fsp3) is 0.133. The number of aryl methyl sites for hydroxylation is 2. The Balaban J connectivity index is 2.20. The van der Waals surface area contributed by atoms with E-state index in [1.165, 1.54) is 16.7 Å². The van der Waals surface area contributed by atoms with Crippen LogP contribution in [0.4, 0.5) is 0 Å². The van der Waals surface area contributed by atoms with Crippen LogP contribution in [0.15, 0.2) is 48.8 Å². The number of nitrogens with zero attached hydrogens (tertiary/aromatic N) is 2. The molecule has 3 rings (SSSR count). The van der Waals surface area contributed by atoms with Gasteiger partial charge in [-0.25, -0.2) is 4.98 Å². The van der Waals surface area contributed by atoms with Gasteiger partial charge in [0, 0.05) is 18.0 Å². The van der Waals surface area contributed by atoms with Crippen molar-refractivity contribution in [2.45, 2.75) is 13.8 Å². The van der Waals surface area contributed by atoms with Crippen molar-refractivity contribution in [1.29, 1.82) is 0 Å². The molecule has 0 fully saturated rings. The highest BCUT2D eigenvalue weighted by Crippen LogP contribution is 2.21. The van der Waals surface area contributed by atoms with Gasteiger partial charge in [0.2, 0.25) is 0 Å². The summed E-state index contributed by atoms with van der Waals surface area (Å²) in [6.45, 7) is 4.23. The lowest BCUT2D eigenvalue weighted by Crippen LogP contribution is -1.82. The Morgan fingerprint density at radius 2 is 1.76 bits per heavy atom. The molecule has 0 bridgehead atoms. The minimum atomic E-state index is 0.988. The lowest BCUT2D eigenvalue weighted by atomic mass is 10.1. The molecule has 0 aliphatic heterocycles. The van der Waals surface area contributed by atoms with Gasteiger partial charge in [0.05, 0.1) is 5.69 Å². The molecule has 2 aromatic heterocycles. The zero-order chi connectivity index (χ0) is 11.8. The number of benzene rings is 1. The van der Waals surface area contributed by atoms with Gasteiger partial charge in [0.15, 0.2) is 0 Å². The van der Waals surface area contributed by atoms with Crippen LogP contribution in [0.25, 0.3) is 16.9 Å². The molecular weight excluding hydrogens is 208 g/mol. The highest BCUT2D eigenvalue weighted by Gasteiger charge is 2.04. The van der Waals surface area contributed by atoms with E-state index >= 15 is 0 Å².